The Morgan fingerprint density at radius 3 is 2.74 bits per heavy atom. The summed E-state index contributed by atoms with van der Waals surface area (Å²) in [5.74, 6) is 1.44. The lowest BCUT2D eigenvalue weighted by Crippen LogP contribution is -2.31. The number of hydrogen-bond donors (Lipinski definition) is 3. The van der Waals surface area contributed by atoms with Crippen molar-refractivity contribution in [2.24, 2.45) is 11.8 Å². The van der Waals surface area contributed by atoms with Crippen LogP contribution in [0.15, 0.2) is 6.33 Å². The number of imidazole rings is 1. The van der Waals surface area contributed by atoms with Crippen molar-refractivity contribution in [2.75, 3.05) is 5.73 Å². The fourth-order valence-electron chi connectivity index (χ4n) is 3.37. The standard InChI is InChI=1S/C12H15N5O2/c1-4-15-11(13)7-12(16-4)17(3-14-7)8-5-2-6(5)9(18)10(8)19/h3,5-6,8-10,18-19H,2H2,1H3,(H2,13,15,16)/t5-,6+,8+,9?,10+/m0/s1. The summed E-state index contributed by atoms with van der Waals surface area (Å²) in [7, 11) is 0. The normalized spacial score (nSPS) is 36.7. The van der Waals surface area contributed by atoms with Crippen molar-refractivity contribution in [2.45, 2.75) is 31.6 Å². The zero-order valence-corrected chi connectivity index (χ0v) is 10.4. The molecule has 2 saturated carbocycles. The fourth-order valence-corrected chi connectivity index (χ4v) is 3.37. The Kier molecular flexibility index (Phi) is 2.01. The third kappa shape index (κ3) is 1.36. The minimum absolute atomic E-state index is 0.168. The molecular formula is C12H15N5O2. The van der Waals surface area contributed by atoms with Crippen LogP contribution in [0.3, 0.4) is 0 Å². The molecule has 7 nitrogen and oxygen atoms in total. The van der Waals surface area contributed by atoms with E-state index in [-0.39, 0.29) is 12.0 Å². The Morgan fingerprint density at radius 2 is 2.05 bits per heavy atom. The molecule has 7 heteroatoms. The number of nitrogens with two attached hydrogens (primary N) is 1. The summed E-state index contributed by atoms with van der Waals surface area (Å²) in [6.45, 7) is 1.77. The molecule has 5 atom stereocenters. The first kappa shape index (κ1) is 11.1. The summed E-state index contributed by atoms with van der Waals surface area (Å²) in [4.78, 5) is 12.7. The Balaban J connectivity index is 1.88. The quantitative estimate of drug-likeness (QED) is 0.646. The molecule has 0 aromatic carbocycles. The second kappa shape index (κ2) is 3.43. The van der Waals surface area contributed by atoms with E-state index in [0.29, 0.717) is 28.7 Å². The highest BCUT2D eigenvalue weighted by atomic mass is 16.3. The first-order chi connectivity index (χ1) is 9.08. The van der Waals surface area contributed by atoms with Crippen molar-refractivity contribution in [3.8, 4) is 0 Å². The van der Waals surface area contributed by atoms with Gasteiger partial charge < -0.3 is 20.5 Å². The van der Waals surface area contributed by atoms with Gasteiger partial charge in [-0.3, -0.25) is 0 Å². The van der Waals surface area contributed by atoms with Crippen LogP contribution in [0.4, 0.5) is 5.82 Å². The van der Waals surface area contributed by atoms with Crippen molar-refractivity contribution in [3.05, 3.63) is 12.2 Å². The van der Waals surface area contributed by atoms with Crippen LogP contribution in [0, 0.1) is 18.8 Å². The van der Waals surface area contributed by atoms with Gasteiger partial charge in [-0.25, -0.2) is 15.0 Å². The van der Waals surface area contributed by atoms with Crippen molar-refractivity contribution < 1.29 is 10.2 Å². The van der Waals surface area contributed by atoms with E-state index in [1.807, 2.05) is 4.57 Å². The van der Waals surface area contributed by atoms with Crippen LogP contribution in [-0.4, -0.2) is 41.9 Å². The van der Waals surface area contributed by atoms with E-state index in [9.17, 15) is 10.2 Å². The number of aromatic nitrogens is 4. The molecule has 4 rings (SSSR count). The number of rotatable bonds is 1. The van der Waals surface area contributed by atoms with Gasteiger partial charge in [0.1, 0.15) is 17.4 Å². The smallest absolute Gasteiger partial charge is 0.166 e. The molecule has 19 heavy (non-hydrogen) atoms. The van der Waals surface area contributed by atoms with E-state index < -0.39 is 12.2 Å². The van der Waals surface area contributed by atoms with E-state index in [2.05, 4.69) is 15.0 Å². The van der Waals surface area contributed by atoms with E-state index in [1.165, 1.54) is 0 Å². The fraction of sp³-hybridized carbons (Fsp3) is 0.583. The number of nitrogen functional groups attached to an aromatic ring is 1. The molecule has 2 aromatic heterocycles. The zero-order chi connectivity index (χ0) is 13.3. The number of aliphatic hydroxyl groups excluding tert-OH is 2. The maximum absolute atomic E-state index is 10.2. The van der Waals surface area contributed by atoms with Crippen LogP contribution in [0.2, 0.25) is 0 Å². The number of fused-ring (bicyclic) bond motifs is 2. The first-order valence-electron chi connectivity index (χ1n) is 6.40. The van der Waals surface area contributed by atoms with Gasteiger partial charge in [-0.2, -0.15) is 0 Å². The van der Waals surface area contributed by atoms with Gasteiger partial charge in [0.25, 0.3) is 0 Å². The predicted molar refractivity (Wildman–Crippen MR) is 67.1 cm³/mol. The van der Waals surface area contributed by atoms with Crippen LogP contribution in [-0.2, 0) is 0 Å². The molecule has 0 aliphatic heterocycles. The summed E-state index contributed by atoms with van der Waals surface area (Å²) < 4.78 is 1.84. The van der Waals surface area contributed by atoms with Crippen molar-refractivity contribution >= 4 is 17.0 Å². The molecule has 0 spiro atoms. The number of aliphatic hydroxyl groups is 2. The highest BCUT2D eigenvalue weighted by Gasteiger charge is 2.60. The second-order valence-electron chi connectivity index (χ2n) is 5.52. The Bertz CT molecular complexity index is 669. The largest absolute Gasteiger partial charge is 0.390 e. The lowest BCUT2D eigenvalue weighted by atomic mass is 10.1. The van der Waals surface area contributed by atoms with Gasteiger partial charge in [-0.05, 0) is 25.2 Å². The average molecular weight is 261 g/mol. The summed E-state index contributed by atoms with van der Waals surface area (Å²) >= 11 is 0. The van der Waals surface area contributed by atoms with Crippen LogP contribution < -0.4 is 5.73 Å². The van der Waals surface area contributed by atoms with Gasteiger partial charge in [0.05, 0.1) is 18.5 Å². The summed E-state index contributed by atoms with van der Waals surface area (Å²) in [6.07, 6.45) is 1.17. The maximum Gasteiger partial charge on any atom is 0.166 e. The lowest BCUT2D eigenvalue weighted by Gasteiger charge is -2.22. The molecule has 2 aromatic rings. The Labute approximate surface area is 109 Å². The number of aryl methyl sites for hydroxylation is 1. The topological polar surface area (TPSA) is 110 Å². The molecule has 2 aliphatic carbocycles. The van der Waals surface area contributed by atoms with Crippen molar-refractivity contribution in [1.29, 1.82) is 0 Å². The Morgan fingerprint density at radius 1 is 1.26 bits per heavy atom. The van der Waals surface area contributed by atoms with Gasteiger partial charge in [-0.1, -0.05) is 0 Å². The molecule has 4 N–H and O–H groups in total. The maximum atomic E-state index is 10.2. The third-order valence-corrected chi connectivity index (χ3v) is 4.35. The molecule has 1 unspecified atom stereocenters. The molecule has 100 valence electrons. The monoisotopic (exact) mass is 261 g/mol. The third-order valence-electron chi connectivity index (χ3n) is 4.35. The molecule has 2 fully saturated rings. The van der Waals surface area contributed by atoms with Crippen molar-refractivity contribution in [3.63, 3.8) is 0 Å². The lowest BCUT2D eigenvalue weighted by molar-refractivity contribution is 0.00386. The summed E-state index contributed by atoms with van der Waals surface area (Å²) in [5.41, 5.74) is 7.02. The van der Waals surface area contributed by atoms with Gasteiger partial charge in [0.2, 0.25) is 0 Å². The molecule has 2 aliphatic rings. The van der Waals surface area contributed by atoms with Gasteiger partial charge in [-0.15, -0.1) is 0 Å². The van der Waals surface area contributed by atoms with E-state index in [4.69, 9.17) is 5.73 Å². The van der Waals surface area contributed by atoms with Gasteiger partial charge >= 0.3 is 0 Å². The zero-order valence-electron chi connectivity index (χ0n) is 10.4. The SMILES string of the molecule is Cc1nc(N)c2ncn([C@@H]3[C@H]4C[C@H]4C(O)[C@@H]3O)c2n1. The van der Waals surface area contributed by atoms with E-state index >= 15 is 0 Å². The van der Waals surface area contributed by atoms with E-state index in [1.54, 1.807) is 13.3 Å². The molecule has 0 saturated heterocycles. The van der Waals surface area contributed by atoms with Gasteiger partial charge in [0, 0.05) is 0 Å². The minimum atomic E-state index is -0.766. The van der Waals surface area contributed by atoms with Crippen LogP contribution in [0.1, 0.15) is 18.3 Å². The predicted octanol–water partition coefficient (Wildman–Crippen LogP) is -0.370. The van der Waals surface area contributed by atoms with Crippen LogP contribution in [0.5, 0.6) is 0 Å². The van der Waals surface area contributed by atoms with Crippen molar-refractivity contribution in [1.82, 2.24) is 19.5 Å². The Hall–Kier alpha value is -1.73. The summed E-state index contributed by atoms with van der Waals surface area (Å²) in [5, 5.41) is 20.1. The highest BCUT2D eigenvalue weighted by molar-refractivity contribution is 5.81. The minimum Gasteiger partial charge on any atom is -0.390 e. The number of hydrogen-bond acceptors (Lipinski definition) is 6. The van der Waals surface area contributed by atoms with Gasteiger partial charge in [0.15, 0.2) is 11.5 Å². The molecule has 2 heterocycles. The first-order valence-corrected chi connectivity index (χ1v) is 6.40. The molecule has 0 radical (unpaired) electrons. The molecule has 0 bridgehead atoms. The van der Waals surface area contributed by atoms with Crippen LogP contribution >= 0.6 is 0 Å². The highest BCUT2D eigenvalue weighted by Crippen LogP contribution is 2.57. The average Bonchev–Trinajstić information content (AvgIpc) is 2.96. The number of anilines is 1. The summed E-state index contributed by atoms with van der Waals surface area (Å²) in [6, 6.07) is -0.168. The number of nitrogens with zero attached hydrogens (tertiary/aromatic N) is 4. The second-order valence-corrected chi connectivity index (χ2v) is 5.52. The molecule has 0 amide bonds. The van der Waals surface area contributed by atoms with E-state index in [0.717, 1.165) is 6.42 Å². The van der Waals surface area contributed by atoms with Crippen LogP contribution in [0.25, 0.3) is 11.2 Å². The molecular weight excluding hydrogens is 246 g/mol.